The van der Waals surface area contributed by atoms with Gasteiger partial charge in [-0.25, -0.2) is 4.79 Å². The number of carbonyl (C=O) groups is 2. The van der Waals surface area contributed by atoms with Gasteiger partial charge in [0.25, 0.3) is 0 Å². The SMILES string of the molecule is CC(C)(C)OC(=O)NCc1ccc(CNC(=O)CN=[N+]=[N-])cc1. The van der Waals surface area contributed by atoms with Gasteiger partial charge < -0.3 is 15.4 Å². The number of nitrogens with one attached hydrogen (secondary N) is 2. The molecule has 0 saturated heterocycles. The zero-order valence-corrected chi connectivity index (χ0v) is 13.5. The summed E-state index contributed by atoms with van der Waals surface area (Å²) >= 11 is 0. The average molecular weight is 319 g/mol. The van der Waals surface area contributed by atoms with Crippen LogP contribution in [0.25, 0.3) is 10.4 Å². The summed E-state index contributed by atoms with van der Waals surface area (Å²) in [4.78, 5) is 25.4. The largest absolute Gasteiger partial charge is 0.444 e. The molecule has 23 heavy (non-hydrogen) atoms. The van der Waals surface area contributed by atoms with Gasteiger partial charge in [0, 0.05) is 18.0 Å². The fraction of sp³-hybridized carbons (Fsp3) is 0.467. The van der Waals surface area contributed by atoms with E-state index in [1.165, 1.54) is 0 Å². The number of rotatable bonds is 6. The highest BCUT2D eigenvalue weighted by atomic mass is 16.6. The van der Waals surface area contributed by atoms with Gasteiger partial charge >= 0.3 is 6.09 Å². The molecule has 0 aliphatic carbocycles. The first-order valence-electron chi connectivity index (χ1n) is 7.12. The molecule has 1 rings (SSSR count). The highest BCUT2D eigenvalue weighted by molar-refractivity contribution is 5.78. The van der Waals surface area contributed by atoms with Crippen molar-refractivity contribution < 1.29 is 14.3 Å². The topological polar surface area (TPSA) is 116 Å². The Balaban J connectivity index is 2.40. The Kier molecular flexibility index (Phi) is 6.89. The van der Waals surface area contributed by atoms with E-state index in [1.54, 1.807) is 20.8 Å². The van der Waals surface area contributed by atoms with Crippen LogP contribution in [0.3, 0.4) is 0 Å². The van der Waals surface area contributed by atoms with E-state index < -0.39 is 11.7 Å². The smallest absolute Gasteiger partial charge is 0.407 e. The molecule has 1 aromatic rings. The molecular weight excluding hydrogens is 298 g/mol. The van der Waals surface area contributed by atoms with Crippen molar-refractivity contribution in [3.8, 4) is 0 Å². The summed E-state index contributed by atoms with van der Waals surface area (Å²) in [6.45, 7) is 5.90. The third kappa shape index (κ3) is 8.33. The summed E-state index contributed by atoms with van der Waals surface area (Å²) in [7, 11) is 0. The number of nitrogens with zero attached hydrogens (tertiary/aromatic N) is 3. The van der Waals surface area contributed by atoms with Crippen LogP contribution in [0.2, 0.25) is 0 Å². The molecule has 0 unspecified atom stereocenters. The lowest BCUT2D eigenvalue weighted by Gasteiger charge is -2.19. The molecule has 0 saturated carbocycles. The molecule has 0 radical (unpaired) electrons. The Hall–Kier alpha value is -2.73. The third-order valence-electron chi connectivity index (χ3n) is 2.63. The van der Waals surface area contributed by atoms with Crippen LogP contribution in [-0.4, -0.2) is 24.1 Å². The molecule has 0 heterocycles. The predicted molar refractivity (Wildman–Crippen MR) is 85.4 cm³/mol. The van der Waals surface area contributed by atoms with Crippen LogP contribution in [0.1, 0.15) is 31.9 Å². The van der Waals surface area contributed by atoms with E-state index in [0.29, 0.717) is 13.1 Å². The van der Waals surface area contributed by atoms with Gasteiger partial charge in [0.05, 0.1) is 0 Å². The Morgan fingerprint density at radius 2 is 1.65 bits per heavy atom. The van der Waals surface area contributed by atoms with Gasteiger partial charge in [0.1, 0.15) is 12.1 Å². The molecular formula is C15H21N5O3. The summed E-state index contributed by atoms with van der Waals surface area (Å²) in [6.07, 6.45) is -0.466. The lowest BCUT2D eigenvalue weighted by atomic mass is 10.1. The van der Waals surface area contributed by atoms with Gasteiger partial charge in [-0.05, 0) is 37.4 Å². The van der Waals surface area contributed by atoms with Crippen molar-refractivity contribution in [1.29, 1.82) is 0 Å². The minimum absolute atomic E-state index is 0.214. The van der Waals surface area contributed by atoms with E-state index in [9.17, 15) is 9.59 Å². The third-order valence-corrected chi connectivity index (χ3v) is 2.63. The molecule has 2 N–H and O–H groups in total. The van der Waals surface area contributed by atoms with E-state index in [2.05, 4.69) is 20.7 Å². The maximum absolute atomic E-state index is 11.5. The number of hydrogen-bond donors (Lipinski definition) is 2. The van der Waals surface area contributed by atoms with E-state index in [0.717, 1.165) is 11.1 Å². The van der Waals surface area contributed by atoms with Gasteiger partial charge in [-0.15, -0.1) is 0 Å². The fourth-order valence-corrected chi connectivity index (χ4v) is 1.62. The standard InChI is InChI=1S/C15H21N5O3/c1-15(2,3)23-14(22)18-9-12-6-4-11(5-7-12)8-17-13(21)10-19-20-16/h4-7H,8-10H2,1-3H3,(H,17,21)(H,18,22). The van der Waals surface area contributed by atoms with Gasteiger partial charge in [-0.3, -0.25) is 4.79 Å². The number of azide groups is 1. The molecule has 0 bridgehead atoms. The summed E-state index contributed by atoms with van der Waals surface area (Å²) in [5.41, 5.74) is 9.42. The van der Waals surface area contributed by atoms with Crippen molar-refractivity contribution in [2.75, 3.05) is 6.54 Å². The van der Waals surface area contributed by atoms with Gasteiger partial charge in [0.2, 0.25) is 5.91 Å². The number of carbonyl (C=O) groups excluding carboxylic acids is 2. The minimum Gasteiger partial charge on any atom is -0.444 e. The van der Waals surface area contributed by atoms with Crippen LogP contribution in [0.4, 0.5) is 4.79 Å². The van der Waals surface area contributed by atoms with Crippen LogP contribution >= 0.6 is 0 Å². The monoisotopic (exact) mass is 319 g/mol. The van der Waals surface area contributed by atoms with E-state index >= 15 is 0 Å². The number of amides is 2. The highest BCUT2D eigenvalue weighted by Crippen LogP contribution is 2.08. The molecule has 0 fully saturated rings. The first kappa shape index (κ1) is 18.3. The summed E-state index contributed by atoms with van der Waals surface area (Å²) in [6, 6.07) is 7.40. The van der Waals surface area contributed by atoms with Crippen LogP contribution in [0, 0.1) is 0 Å². The molecule has 0 aliphatic rings. The summed E-state index contributed by atoms with van der Waals surface area (Å²) in [5.74, 6) is -0.335. The molecule has 0 atom stereocenters. The highest BCUT2D eigenvalue weighted by Gasteiger charge is 2.15. The molecule has 2 amide bonds. The van der Waals surface area contributed by atoms with E-state index in [1.807, 2.05) is 24.3 Å². The Morgan fingerprint density at radius 1 is 1.13 bits per heavy atom. The van der Waals surface area contributed by atoms with E-state index in [-0.39, 0.29) is 12.5 Å². The van der Waals surface area contributed by atoms with E-state index in [4.69, 9.17) is 10.3 Å². The Bertz CT molecular complexity index is 586. The second-order valence-corrected chi connectivity index (χ2v) is 5.84. The van der Waals surface area contributed by atoms with Crippen molar-refractivity contribution in [1.82, 2.24) is 10.6 Å². The quantitative estimate of drug-likeness (QED) is 0.477. The number of alkyl carbamates (subject to hydrolysis) is 1. The van der Waals surface area contributed by atoms with Crippen molar-refractivity contribution >= 4 is 12.0 Å². The minimum atomic E-state index is -0.526. The van der Waals surface area contributed by atoms with Crippen molar-refractivity contribution in [2.45, 2.75) is 39.5 Å². The molecule has 124 valence electrons. The van der Waals surface area contributed by atoms with Gasteiger partial charge in [0.15, 0.2) is 0 Å². The molecule has 1 aromatic carbocycles. The maximum Gasteiger partial charge on any atom is 0.407 e. The number of benzene rings is 1. The summed E-state index contributed by atoms with van der Waals surface area (Å²) in [5, 5.41) is 8.49. The van der Waals surface area contributed by atoms with Crippen molar-refractivity contribution in [3.05, 3.63) is 45.8 Å². The molecule has 8 nitrogen and oxygen atoms in total. The van der Waals surface area contributed by atoms with Crippen LogP contribution in [0.15, 0.2) is 29.4 Å². The molecule has 0 aromatic heterocycles. The number of hydrogen-bond acceptors (Lipinski definition) is 4. The first-order chi connectivity index (χ1) is 10.8. The Morgan fingerprint density at radius 3 is 2.13 bits per heavy atom. The van der Waals surface area contributed by atoms with Gasteiger partial charge in [-0.1, -0.05) is 29.4 Å². The van der Waals surface area contributed by atoms with Crippen LogP contribution in [0.5, 0.6) is 0 Å². The van der Waals surface area contributed by atoms with Crippen molar-refractivity contribution in [2.24, 2.45) is 5.11 Å². The lowest BCUT2D eigenvalue weighted by molar-refractivity contribution is -0.119. The zero-order chi connectivity index (χ0) is 17.3. The maximum atomic E-state index is 11.5. The second kappa shape index (κ2) is 8.65. The predicted octanol–water partition coefficient (Wildman–Crippen LogP) is 2.64. The zero-order valence-electron chi connectivity index (χ0n) is 13.5. The summed E-state index contributed by atoms with van der Waals surface area (Å²) < 4.78 is 5.15. The van der Waals surface area contributed by atoms with Gasteiger partial charge in [-0.2, -0.15) is 0 Å². The van der Waals surface area contributed by atoms with Crippen molar-refractivity contribution in [3.63, 3.8) is 0 Å². The van der Waals surface area contributed by atoms with Crippen LogP contribution in [-0.2, 0) is 22.6 Å². The first-order valence-corrected chi connectivity index (χ1v) is 7.12. The lowest BCUT2D eigenvalue weighted by Crippen LogP contribution is -2.32. The second-order valence-electron chi connectivity index (χ2n) is 5.84. The molecule has 0 spiro atoms. The number of ether oxygens (including phenoxy) is 1. The fourth-order valence-electron chi connectivity index (χ4n) is 1.62. The molecule has 8 heteroatoms. The van der Waals surface area contributed by atoms with Crippen LogP contribution < -0.4 is 10.6 Å². The molecule has 0 aliphatic heterocycles. The average Bonchev–Trinajstić information content (AvgIpc) is 2.48. The normalized spacial score (nSPS) is 10.4. The Labute approximate surface area is 134 Å².